The van der Waals surface area contributed by atoms with E-state index in [1.165, 1.54) is 11.1 Å². The summed E-state index contributed by atoms with van der Waals surface area (Å²) in [6, 6.07) is 9.78. The van der Waals surface area contributed by atoms with E-state index in [4.69, 9.17) is 10.2 Å². The number of hydrogen-bond acceptors (Lipinski definition) is 3. The molecule has 0 unspecified atom stereocenters. The molecule has 0 amide bonds. The molecule has 0 aliphatic carbocycles. The third-order valence-electron chi connectivity index (χ3n) is 3.99. The third-order valence-corrected chi connectivity index (χ3v) is 3.99. The Hall–Kier alpha value is -0.0266. The van der Waals surface area contributed by atoms with E-state index in [9.17, 15) is 0 Å². The van der Waals surface area contributed by atoms with Crippen LogP contribution in [0.25, 0.3) is 5.32 Å². The molecule has 6 heteroatoms. The summed E-state index contributed by atoms with van der Waals surface area (Å²) in [5, 5.41) is 25.3. The first kappa shape index (κ1) is 28.2. The van der Waals surface area contributed by atoms with E-state index in [0.29, 0.717) is 12.5 Å². The fourth-order valence-corrected chi connectivity index (χ4v) is 2.04. The van der Waals surface area contributed by atoms with E-state index in [-0.39, 0.29) is 25.3 Å². The minimum absolute atomic E-state index is 0.0750. The standard InChI is InChI=1S/C10H23N2O2.C10H13.ClH.Ru/c1-3-9(7-13)11-5-6-12-10(4-2)8-14;1-8(2)10-6-4-9(3)5-7-10;;/h9-11,13-14H,3-8H2,1-2H3;4,6-8H,1-3H3;1H;/q2*-1;;+3/p-1/t9-,10-;;;/m0.../s1. The van der Waals surface area contributed by atoms with Crippen molar-refractivity contribution in [2.24, 2.45) is 0 Å². The Bertz CT molecular complexity index is 383. The molecule has 1 aromatic rings. The number of nitrogens with one attached hydrogen (secondary N) is 1. The number of hydrogen-bond donors (Lipinski definition) is 3. The zero-order valence-electron chi connectivity index (χ0n) is 16.8. The number of benzene rings is 1. The predicted molar refractivity (Wildman–Crippen MR) is 109 cm³/mol. The first-order valence-electron chi connectivity index (χ1n) is 9.21. The zero-order chi connectivity index (χ0) is 20.4. The van der Waals surface area contributed by atoms with Crippen molar-refractivity contribution in [2.75, 3.05) is 26.3 Å². The Morgan fingerprint density at radius 2 is 1.81 bits per heavy atom. The molecule has 0 aromatic heterocycles. The number of aliphatic hydroxyl groups excluding tert-OH is 2. The molecule has 1 aromatic carbocycles. The number of aryl methyl sites for hydroxylation is 1. The van der Waals surface area contributed by atoms with Crippen LogP contribution in [0.4, 0.5) is 0 Å². The molecule has 0 fully saturated rings. The topological polar surface area (TPSA) is 66.6 Å². The molecule has 1 rings (SSSR count). The molecule has 3 N–H and O–H groups in total. The van der Waals surface area contributed by atoms with E-state index in [0.717, 1.165) is 19.4 Å². The summed E-state index contributed by atoms with van der Waals surface area (Å²) in [5.74, 6) is 0.622. The van der Waals surface area contributed by atoms with Gasteiger partial charge in [0.1, 0.15) is 0 Å². The van der Waals surface area contributed by atoms with Gasteiger partial charge in [-0.15, -0.1) is 12.6 Å². The van der Waals surface area contributed by atoms with Crippen LogP contribution in [0.3, 0.4) is 0 Å². The van der Waals surface area contributed by atoms with Crippen molar-refractivity contribution in [2.45, 2.75) is 65.5 Å². The third kappa shape index (κ3) is 15.1. The molecular weight excluding hydrogens is 437 g/mol. The summed E-state index contributed by atoms with van der Waals surface area (Å²) in [4.78, 5) is 0. The van der Waals surface area contributed by atoms with Crippen molar-refractivity contribution in [3.63, 3.8) is 0 Å². The first-order valence-corrected chi connectivity index (χ1v) is 11.4. The summed E-state index contributed by atoms with van der Waals surface area (Å²) >= 11 is 1.82. The summed E-state index contributed by atoms with van der Waals surface area (Å²) in [5.41, 5.74) is 2.58. The normalized spacial score (nSPS) is 12.5. The summed E-state index contributed by atoms with van der Waals surface area (Å²) < 4.78 is 0. The second kappa shape index (κ2) is 19.7. The minimum atomic E-state index is 0.0750. The van der Waals surface area contributed by atoms with Crippen LogP contribution in [0, 0.1) is 13.0 Å². The van der Waals surface area contributed by atoms with E-state index < -0.39 is 0 Å². The molecule has 0 saturated carbocycles. The van der Waals surface area contributed by atoms with Crippen LogP contribution in [0.5, 0.6) is 0 Å². The fraction of sp³-hybridized carbons (Fsp3) is 0.700. The van der Waals surface area contributed by atoms with Crippen molar-refractivity contribution in [1.82, 2.24) is 5.32 Å². The number of aliphatic hydroxyl groups is 2. The monoisotopic (exact) mass is 473 g/mol. The Morgan fingerprint density at radius 1 is 1.15 bits per heavy atom. The Labute approximate surface area is 174 Å². The van der Waals surface area contributed by atoms with Crippen molar-refractivity contribution in [3.8, 4) is 0 Å². The Kier molecular flexibility index (Phi) is 21.4. The van der Waals surface area contributed by atoms with Crippen LogP contribution in [0.15, 0.2) is 18.2 Å². The van der Waals surface area contributed by atoms with Gasteiger partial charge in [-0.1, -0.05) is 47.0 Å². The van der Waals surface area contributed by atoms with Crippen molar-refractivity contribution < 1.29 is 27.5 Å². The molecule has 0 bridgehead atoms. The second-order valence-electron chi connectivity index (χ2n) is 6.35. The van der Waals surface area contributed by atoms with E-state index in [1.807, 2.05) is 31.2 Å². The fourth-order valence-electron chi connectivity index (χ4n) is 2.04. The average Bonchev–Trinajstić information content (AvgIpc) is 2.67. The Morgan fingerprint density at radius 3 is 2.19 bits per heavy atom. The van der Waals surface area contributed by atoms with Crippen LogP contribution in [0.1, 0.15) is 57.6 Å². The summed E-state index contributed by atoms with van der Waals surface area (Å²) in [6.45, 7) is 12.3. The first-order chi connectivity index (χ1) is 12.5. The van der Waals surface area contributed by atoms with Gasteiger partial charge in [0.25, 0.3) is 0 Å². The number of halogens is 1. The van der Waals surface area contributed by atoms with Gasteiger partial charge in [0, 0.05) is 12.6 Å². The SMILES string of the molecule is CC[C@@H](CO)[N-]CCN[C@@H](CC)CO.Cc1[c-]cc(C(C)C)cc1.[Cl][Ru+2]. The van der Waals surface area contributed by atoms with Crippen LogP contribution in [-0.2, 0) is 17.3 Å². The molecule has 26 heavy (non-hydrogen) atoms. The molecular formula is C20H36ClN2O2Ru. The van der Waals surface area contributed by atoms with Gasteiger partial charge in [0.05, 0.1) is 6.61 Å². The average molecular weight is 473 g/mol. The summed E-state index contributed by atoms with van der Waals surface area (Å²) in [6.07, 6.45) is 1.81. The van der Waals surface area contributed by atoms with Crippen molar-refractivity contribution >= 4 is 9.69 Å². The molecule has 0 heterocycles. The van der Waals surface area contributed by atoms with Crippen molar-refractivity contribution in [1.29, 1.82) is 0 Å². The molecule has 2 atom stereocenters. The second-order valence-corrected chi connectivity index (χ2v) is 6.35. The number of rotatable bonds is 10. The van der Waals surface area contributed by atoms with Gasteiger partial charge in [0.15, 0.2) is 0 Å². The van der Waals surface area contributed by atoms with Crippen LogP contribution in [-0.4, -0.2) is 48.6 Å². The van der Waals surface area contributed by atoms with Crippen molar-refractivity contribution in [3.05, 3.63) is 40.7 Å². The molecule has 4 nitrogen and oxygen atoms in total. The molecule has 0 saturated heterocycles. The van der Waals surface area contributed by atoms with Crippen LogP contribution in [0.2, 0.25) is 0 Å². The van der Waals surface area contributed by atoms with Gasteiger partial charge >= 0.3 is 27.0 Å². The van der Waals surface area contributed by atoms with Gasteiger partial charge in [-0.05, 0) is 13.0 Å². The van der Waals surface area contributed by atoms with Gasteiger partial charge in [0.2, 0.25) is 0 Å². The van der Waals surface area contributed by atoms with Crippen LogP contribution < -0.4 is 5.32 Å². The van der Waals surface area contributed by atoms with E-state index in [2.05, 4.69) is 65.4 Å². The van der Waals surface area contributed by atoms with Gasteiger partial charge in [-0.25, -0.2) is 0 Å². The van der Waals surface area contributed by atoms with Crippen LogP contribution >= 0.6 is 9.69 Å². The molecule has 0 aliphatic heterocycles. The van der Waals surface area contributed by atoms with Gasteiger partial charge in [-0.3, -0.25) is 0 Å². The predicted octanol–water partition coefficient (Wildman–Crippen LogP) is 4.10. The quantitative estimate of drug-likeness (QED) is 0.273. The van der Waals surface area contributed by atoms with Gasteiger partial charge < -0.3 is 20.8 Å². The molecule has 0 spiro atoms. The Balaban J connectivity index is 0. The maximum absolute atomic E-state index is 8.89. The molecule has 153 valence electrons. The zero-order valence-corrected chi connectivity index (χ0v) is 19.3. The van der Waals surface area contributed by atoms with E-state index >= 15 is 0 Å². The molecule has 0 aliphatic rings. The van der Waals surface area contributed by atoms with Gasteiger partial charge in [-0.2, -0.15) is 35.4 Å². The number of nitrogens with zero attached hydrogens (tertiary/aromatic N) is 1. The molecule has 0 radical (unpaired) electrons. The maximum atomic E-state index is 8.89. The van der Waals surface area contributed by atoms with E-state index in [1.54, 1.807) is 0 Å². The summed E-state index contributed by atoms with van der Waals surface area (Å²) in [7, 11) is 4.57.